The van der Waals surface area contributed by atoms with Gasteiger partial charge < -0.3 is 0 Å². The Bertz CT molecular complexity index is 423. The van der Waals surface area contributed by atoms with Gasteiger partial charge in [0.2, 0.25) is 10.0 Å². The summed E-state index contributed by atoms with van der Waals surface area (Å²) in [4.78, 5) is 0. The number of nitrogens with one attached hydrogen (secondary N) is 1. The molecule has 0 aliphatic heterocycles. The van der Waals surface area contributed by atoms with Crippen LogP contribution in [0.15, 0.2) is 24.3 Å². The molecule has 0 saturated heterocycles. The van der Waals surface area contributed by atoms with Crippen molar-refractivity contribution in [3.63, 3.8) is 0 Å². The molecule has 1 N–H and O–H groups in total. The smallest absolute Gasteiger partial charge is 0.229 e. The summed E-state index contributed by atoms with van der Waals surface area (Å²) in [7, 11) is -3.17. The van der Waals surface area contributed by atoms with Crippen LogP contribution in [0.5, 0.6) is 0 Å². The Kier molecular flexibility index (Phi) is 4.35. The van der Waals surface area contributed by atoms with Crippen molar-refractivity contribution in [2.24, 2.45) is 0 Å². The summed E-state index contributed by atoms with van der Waals surface area (Å²) in [6.07, 6.45) is 3.46. The molecule has 0 spiro atoms. The summed E-state index contributed by atoms with van der Waals surface area (Å²) in [6, 6.07) is 7.58. The predicted octanol–water partition coefficient (Wildman–Crippen LogP) is 2.96. The van der Waals surface area contributed by atoms with E-state index in [1.54, 1.807) is 0 Å². The van der Waals surface area contributed by atoms with Crippen molar-refractivity contribution in [3.05, 3.63) is 29.8 Å². The van der Waals surface area contributed by atoms with Crippen molar-refractivity contribution >= 4 is 15.7 Å². The number of sulfonamides is 1. The molecule has 0 fully saturated rings. The second-order valence-electron chi connectivity index (χ2n) is 4.19. The maximum absolute atomic E-state index is 11.0. The summed E-state index contributed by atoms with van der Waals surface area (Å²) in [6.45, 7) is 4.35. The minimum absolute atomic E-state index is 0.525. The zero-order valence-electron chi connectivity index (χ0n) is 10.0. The molecule has 0 heterocycles. The molecule has 0 amide bonds. The van der Waals surface area contributed by atoms with Gasteiger partial charge in [-0.25, -0.2) is 8.42 Å². The number of rotatable bonds is 5. The van der Waals surface area contributed by atoms with Crippen LogP contribution in [0.4, 0.5) is 5.69 Å². The van der Waals surface area contributed by atoms with E-state index in [1.165, 1.54) is 5.56 Å². The van der Waals surface area contributed by atoms with Crippen LogP contribution in [0.3, 0.4) is 0 Å². The quantitative estimate of drug-likeness (QED) is 0.861. The van der Waals surface area contributed by atoms with Gasteiger partial charge >= 0.3 is 0 Å². The first-order valence-corrected chi connectivity index (χ1v) is 7.39. The summed E-state index contributed by atoms with van der Waals surface area (Å²) in [5.74, 6) is 0.525. The van der Waals surface area contributed by atoms with Gasteiger partial charge in [-0.3, -0.25) is 4.72 Å². The Balaban J connectivity index is 2.75. The van der Waals surface area contributed by atoms with Crippen molar-refractivity contribution in [3.8, 4) is 0 Å². The van der Waals surface area contributed by atoms with E-state index in [9.17, 15) is 8.42 Å². The van der Waals surface area contributed by atoms with Crippen molar-refractivity contribution in [1.29, 1.82) is 0 Å². The van der Waals surface area contributed by atoms with E-state index in [0.29, 0.717) is 11.6 Å². The van der Waals surface area contributed by atoms with Crippen LogP contribution >= 0.6 is 0 Å². The summed E-state index contributed by atoms with van der Waals surface area (Å²) >= 11 is 0. The lowest BCUT2D eigenvalue weighted by Gasteiger charge is -2.11. The van der Waals surface area contributed by atoms with Gasteiger partial charge in [0.1, 0.15) is 0 Å². The molecular formula is C12H19NO2S. The summed E-state index contributed by atoms with van der Waals surface area (Å²) in [5, 5.41) is 0. The van der Waals surface area contributed by atoms with E-state index in [2.05, 4.69) is 18.6 Å². The van der Waals surface area contributed by atoms with Crippen molar-refractivity contribution in [2.75, 3.05) is 11.0 Å². The molecule has 3 nitrogen and oxygen atoms in total. The van der Waals surface area contributed by atoms with Crippen molar-refractivity contribution in [2.45, 2.75) is 32.6 Å². The lowest BCUT2D eigenvalue weighted by atomic mass is 9.96. The largest absolute Gasteiger partial charge is 0.284 e. The number of benzene rings is 1. The van der Waals surface area contributed by atoms with Crippen LogP contribution in [0.1, 0.15) is 38.2 Å². The molecular weight excluding hydrogens is 222 g/mol. The molecule has 90 valence electrons. The molecule has 1 unspecified atom stereocenters. The zero-order valence-corrected chi connectivity index (χ0v) is 10.8. The molecule has 0 aliphatic carbocycles. The number of hydrogen-bond acceptors (Lipinski definition) is 2. The number of hydrogen-bond donors (Lipinski definition) is 1. The predicted molar refractivity (Wildman–Crippen MR) is 68.2 cm³/mol. The fourth-order valence-electron chi connectivity index (χ4n) is 1.69. The topological polar surface area (TPSA) is 46.2 Å². The highest BCUT2D eigenvalue weighted by atomic mass is 32.2. The lowest BCUT2D eigenvalue weighted by molar-refractivity contribution is 0.607. The van der Waals surface area contributed by atoms with Crippen molar-refractivity contribution in [1.82, 2.24) is 0 Å². The Morgan fingerprint density at radius 2 is 1.81 bits per heavy atom. The van der Waals surface area contributed by atoms with Crippen LogP contribution in [-0.2, 0) is 10.0 Å². The highest BCUT2D eigenvalue weighted by Gasteiger charge is 2.05. The highest BCUT2D eigenvalue weighted by Crippen LogP contribution is 2.22. The van der Waals surface area contributed by atoms with Gasteiger partial charge in [-0.15, -0.1) is 0 Å². The van der Waals surface area contributed by atoms with E-state index < -0.39 is 10.0 Å². The zero-order chi connectivity index (χ0) is 12.2. The van der Waals surface area contributed by atoms with E-state index in [0.717, 1.165) is 19.1 Å². The maximum atomic E-state index is 11.0. The van der Waals surface area contributed by atoms with Crippen LogP contribution in [0, 0.1) is 0 Å². The van der Waals surface area contributed by atoms with Gasteiger partial charge in [0.15, 0.2) is 0 Å². The van der Waals surface area contributed by atoms with Gasteiger partial charge in [0.25, 0.3) is 0 Å². The van der Waals surface area contributed by atoms with Crippen LogP contribution in [-0.4, -0.2) is 14.7 Å². The summed E-state index contributed by atoms with van der Waals surface area (Å²) in [5.41, 5.74) is 1.87. The highest BCUT2D eigenvalue weighted by molar-refractivity contribution is 7.92. The second-order valence-corrected chi connectivity index (χ2v) is 5.93. The maximum Gasteiger partial charge on any atom is 0.229 e. The Hall–Kier alpha value is -1.03. The Morgan fingerprint density at radius 1 is 1.25 bits per heavy atom. The molecule has 1 atom stereocenters. The molecule has 1 rings (SSSR count). The van der Waals surface area contributed by atoms with E-state index >= 15 is 0 Å². The molecule has 1 aromatic rings. The molecule has 16 heavy (non-hydrogen) atoms. The molecule has 4 heteroatoms. The van der Waals surface area contributed by atoms with Gasteiger partial charge in [-0.05, 0) is 30.0 Å². The first-order chi connectivity index (χ1) is 7.42. The van der Waals surface area contributed by atoms with Crippen LogP contribution in [0.2, 0.25) is 0 Å². The fraction of sp³-hybridized carbons (Fsp3) is 0.500. The minimum atomic E-state index is -3.17. The summed E-state index contributed by atoms with van der Waals surface area (Å²) < 4.78 is 24.5. The average Bonchev–Trinajstić information content (AvgIpc) is 2.16. The second kappa shape index (κ2) is 5.34. The fourth-order valence-corrected chi connectivity index (χ4v) is 2.26. The van der Waals surface area contributed by atoms with Gasteiger partial charge in [0, 0.05) is 5.69 Å². The lowest BCUT2D eigenvalue weighted by Crippen LogP contribution is -2.09. The third-order valence-electron chi connectivity index (χ3n) is 2.50. The average molecular weight is 241 g/mol. The third kappa shape index (κ3) is 4.23. The first kappa shape index (κ1) is 13.0. The Morgan fingerprint density at radius 3 is 2.25 bits per heavy atom. The molecule has 1 aromatic carbocycles. The van der Waals surface area contributed by atoms with E-state index in [-0.39, 0.29) is 0 Å². The standard InChI is InChI=1S/C12H19NO2S/c1-4-5-10(2)11-6-8-12(9-7-11)13-16(3,14)15/h6-10,13H,4-5H2,1-3H3. The molecule has 0 bridgehead atoms. The molecule has 0 radical (unpaired) electrons. The first-order valence-electron chi connectivity index (χ1n) is 5.50. The van der Waals surface area contributed by atoms with Crippen LogP contribution < -0.4 is 4.72 Å². The normalized spacial score (nSPS) is 13.4. The van der Waals surface area contributed by atoms with E-state index in [4.69, 9.17) is 0 Å². The monoisotopic (exact) mass is 241 g/mol. The Labute approximate surface area is 97.9 Å². The van der Waals surface area contributed by atoms with Gasteiger partial charge in [-0.2, -0.15) is 0 Å². The van der Waals surface area contributed by atoms with Gasteiger partial charge in [-0.1, -0.05) is 32.4 Å². The number of anilines is 1. The minimum Gasteiger partial charge on any atom is -0.284 e. The molecule has 0 aliphatic rings. The molecule has 0 saturated carbocycles. The van der Waals surface area contributed by atoms with Crippen molar-refractivity contribution < 1.29 is 8.42 Å². The third-order valence-corrected chi connectivity index (χ3v) is 3.11. The van der Waals surface area contributed by atoms with Gasteiger partial charge in [0.05, 0.1) is 6.26 Å². The van der Waals surface area contributed by atoms with Crippen LogP contribution in [0.25, 0.3) is 0 Å². The van der Waals surface area contributed by atoms with E-state index in [1.807, 2.05) is 24.3 Å². The SMILES string of the molecule is CCCC(C)c1ccc(NS(C)(=O)=O)cc1. The molecule has 0 aromatic heterocycles.